The highest BCUT2D eigenvalue weighted by Gasteiger charge is 1.96. The van der Waals surface area contributed by atoms with Crippen molar-refractivity contribution in [2.24, 2.45) is 0 Å². The van der Waals surface area contributed by atoms with Crippen molar-refractivity contribution in [3.05, 3.63) is 23.9 Å². The van der Waals surface area contributed by atoms with Gasteiger partial charge >= 0.3 is 0 Å². The van der Waals surface area contributed by atoms with Gasteiger partial charge in [-0.2, -0.15) is 0 Å². The second-order valence-electron chi connectivity index (χ2n) is 3.65. The lowest BCUT2D eigenvalue weighted by Gasteiger charge is -2.07. The van der Waals surface area contributed by atoms with E-state index in [1.807, 2.05) is 12.3 Å². The number of rotatable bonds is 7. The summed E-state index contributed by atoms with van der Waals surface area (Å²) >= 11 is 0. The molecule has 1 N–H and O–H groups in total. The Kier molecular flexibility index (Phi) is 5.78. The lowest BCUT2D eigenvalue weighted by atomic mass is 10.2. The molecule has 0 fully saturated rings. The summed E-state index contributed by atoms with van der Waals surface area (Å²) in [5.74, 6) is 1.00. The minimum atomic E-state index is 0.864. The summed E-state index contributed by atoms with van der Waals surface area (Å²) in [5.41, 5.74) is 1.20. The summed E-state index contributed by atoms with van der Waals surface area (Å²) in [4.78, 5) is 4.28. The molecule has 0 aliphatic carbocycles. The molecule has 0 atom stereocenters. The Hall–Kier alpha value is -1.09. The van der Waals surface area contributed by atoms with Crippen LogP contribution in [0, 0.1) is 6.92 Å². The minimum absolute atomic E-state index is 0.864. The van der Waals surface area contributed by atoms with Crippen molar-refractivity contribution in [3.8, 4) is 0 Å². The molecule has 0 amide bonds. The number of methoxy groups -OCH3 is 1. The summed E-state index contributed by atoms with van der Waals surface area (Å²) in [6, 6.07) is 4.03. The van der Waals surface area contributed by atoms with Gasteiger partial charge in [-0.15, -0.1) is 0 Å². The van der Waals surface area contributed by atoms with Crippen LogP contribution >= 0.6 is 0 Å². The van der Waals surface area contributed by atoms with Crippen LogP contribution in [0.5, 0.6) is 0 Å². The van der Waals surface area contributed by atoms with Crippen LogP contribution in [0.25, 0.3) is 0 Å². The lowest BCUT2D eigenvalue weighted by Crippen LogP contribution is -2.05. The number of anilines is 1. The van der Waals surface area contributed by atoms with Gasteiger partial charge in [0.25, 0.3) is 0 Å². The van der Waals surface area contributed by atoms with Crippen LogP contribution < -0.4 is 5.32 Å². The Morgan fingerprint density at radius 2 is 2.20 bits per heavy atom. The number of nitrogens with zero attached hydrogens (tertiary/aromatic N) is 1. The Balaban J connectivity index is 2.12. The molecule has 1 aromatic heterocycles. The standard InChI is InChI=1S/C12H20N2O/c1-11-7-6-9-14-12(11)13-8-4-3-5-10-15-2/h6-7,9H,3-5,8,10H2,1-2H3,(H,13,14). The summed E-state index contributed by atoms with van der Waals surface area (Å²) in [5, 5.41) is 3.34. The molecule has 1 heterocycles. The number of aryl methyl sites for hydroxylation is 1. The predicted molar refractivity (Wildman–Crippen MR) is 63.2 cm³/mol. The van der Waals surface area contributed by atoms with Crippen molar-refractivity contribution in [2.45, 2.75) is 26.2 Å². The van der Waals surface area contributed by atoms with Crippen molar-refractivity contribution >= 4 is 5.82 Å². The van der Waals surface area contributed by atoms with E-state index < -0.39 is 0 Å². The van der Waals surface area contributed by atoms with E-state index in [0.717, 1.165) is 25.4 Å². The molecule has 0 aromatic carbocycles. The van der Waals surface area contributed by atoms with E-state index in [2.05, 4.69) is 23.3 Å². The average Bonchev–Trinajstić information content (AvgIpc) is 2.25. The predicted octanol–water partition coefficient (Wildman–Crippen LogP) is 2.62. The van der Waals surface area contributed by atoms with E-state index in [0.29, 0.717) is 0 Å². The van der Waals surface area contributed by atoms with Gasteiger partial charge < -0.3 is 10.1 Å². The summed E-state index contributed by atoms with van der Waals surface area (Å²) < 4.78 is 4.99. The SMILES string of the molecule is COCCCCCNc1ncccc1C. The molecular formula is C12H20N2O. The smallest absolute Gasteiger partial charge is 0.128 e. The first-order valence-electron chi connectivity index (χ1n) is 5.49. The second kappa shape index (κ2) is 7.23. The van der Waals surface area contributed by atoms with E-state index >= 15 is 0 Å². The summed E-state index contributed by atoms with van der Waals surface area (Å²) in [6.45, 7) is 3.92. The third kappa shape index (κ3) is 4.79. The van der Waals surface area contributed by atoms with Gasteiger partial charge in [0, 0.05) is 26.5 Å². The molecule has 0 radical (unpaired) electrons. The van der Waals surface area contributed by atoms with E-state index in [-0.39, 0.29) is 0 Å². The molecule has 0 aliphatic rings. The largest absolute Gasteiger partial charge is 0.385 e. The van der Waals surface area contributed by atoms with Gasteiger partial charge in [-0.1, -0.05) is 6.07 Å². The zero-order chi connectivity index (χ0) is 10.9. The number of ether oxygens (including phenoxy) is 1. The highest BCUT2D eigenvalue weighted by Crippen LogP contribution is 2.09. The molecule has 1 rings (SSSR count). The molecule has 0 aliphatic heterocycles. The monoisotopic (exact) mass is 208 g/mol. The third-order valence-electron chi connectivity index (χ3n) is 2.33. The maximum atomic E-state index is 4.99. The first-order chi connectivity index (χ1) is 7.34. The zero-order valence-corrected chi connectivity index (χ0v) is 9.62. The highest BCUT2D eigenvalue weighted by atomic mass is 16.5. The van der Waals surface area contributed by atoms with Crippen LogP contribution in [0.4, 0.5) is 5.82 Å². The van der Waals surface area contributed by atoms with E-state index in [1.54, 1.807) is 7.11 Å². The third-order valence-corrected chi connectivity index (χ3v) is 2.33. The van der Waals surface area contributed by atoms with Gasteiger partial charge in [0.2, 0.25) is 0 Å². The van der Waals surface area contributed by atoms with Crippen molar-refractivity contribution < 1.29 is 4.74 Å². The van der Waals surface area contributed by atoms with Crippen LogP contribution in [0.3, 0.4) is 0 Å². The van der Waals surface area contributed by atoms with Gasteiger partial charge in [0.1, 0.15) is 5.82 Å². The van der Waals surface area contributed by atoms with Crippen molar-refractivity contribution in [1.82, 2.24) is 4.98 Å². The number of pyridine rings is 1. The van der Waals surface area contributed by atoms with E-state index in [9.17, 15) is 0 Å². The molecule has 15 heavy (non-hydrogen) atoms. The summed E-state index contributed by atoms with van der Waals surface area (Å²) in [7, 11) is 1.75. The van der Waals surface area contributed by atoms with Gasteiger partial charge in [0.05, 0.1) is 0 Å². The molecule has 0 spiro atoms. The molecule has 0 saturated carbocycles. The minimum Gasteiger partial charge on any atom is -0.385 e. The number of hydrogen-bond donors (Lipinski definition) is 1. The van der Waals surface area contributed by atoms with Crippen LogP contribution in [-0.4, -0.2) is 25.2 Å². The fourth-order valence-electron chi connectivity index (χ4n) is 1.43. The van der Waals surface area contributed by atoms with Crippen LogP contribution in [0.1, 0.15) is 24.8 Å². The normalized spacial score (nSPS) is 10.3. The average molecular weight is 208 g/mol. The first kappa shape index (κ1) is 12.0. The van der Waals surface area contributed by atoms with Gasteiger partial charge in [-0.05, 0) is 37.8 Å². The molecule has 0 saturated heterocycles. The number of hydrogen-bond acceptors (Lipinski definition) is 3. The zero-order valence-electron chi connectivity index (χ0n) is 9.62. The summed E-state index contributed by atoms with van der Waals surface area (Å²) in [6.07, 6.45) is 5.33. The van der Waals surface area contributed by atoms with Crippen LogP contribution in [-0.2, 0) is 4.74 Å². The Labute approximate surface area is 91.9 Å². The van der Waals surface area contributed by atoms with Crippen molar-refractivity contribution in [1.29, 1.82) is 0 Å². The highest BCUT2D eigenvalue weighted by molar-refractivity contribution is 5.42. The maximum absolute atomic E-state index is 4.99. The fourth-order valence-corrected chi connectivity index (χ4v) is 1.43. The topological polar surface area (TPSA) is 34.1 Å². The van der Waals surface area contributed by atoms with Gasteiger partial charge in [-0.3, -0.25) is 0 Å². The molecule has 1 aromatic rings. The Bertz CT molecular complexity index is 276. The molecule has 0 unspecified atom stereocenters. The second-order valence-corrected chi connectivity index (χ2v) is 3.65. The van der Waals surface area contributed by atoms with Crippen molar-refractivity contribution in [2.75, 3.05) is 25.6 Å². The molecule has 3 nitrogen and oxygen atoms in total. The van der Waals surface area contributed by atoms with E-state index in [1.165, 1.54) is 18.4 Å². The Morgan fingerprint density at radius 3 is 2.93 bits per heavy atom. The number of nitrogens with one attached hydrogen (secondary N) is 1. The van der Waals surface area contributed by atoms with Crippen molar-refractivity contribution in [3.63, 3.8) is 0 Å². The number of aromatic nitrogens is 1. The fraction of sp³-hybridized carbons (Fsp3) is 0.583. The lowest BCUT2D eigenvalue weighted by molar-refractivity contribution is 0.192. The maximum Gasteiger partial charge on any atom is 0.128 e. The van der Waals surface area contributed by atoms with E-state index in [4.69, 9.17) is 4.74 Å². The molecular weight excluding hydrogens is 188 g/mol. The van der Waals surface area contributed by atoms with Crippen LogP contribution in [0.2, 0.25) is 0 Å². The quantitative estimate of drug-likeness (QED) is 0.699. The Morgan fingerprint density at radius 1 is 1.33 bits per heavy atom. The molecule has 84 valence electrons. The van der Waals surface area contributed by atoms with Crippen LogP contribution in [0.15, 0.2) is 18.3 Å². The van der Waals surface area contributed by atoms with Gasteiger partial charge in [-0.25, -0.2) is 4.98 Å². The number of unbranched alkanes of at least 4 members (excludes halogenated alkanes) is 2. The molecule has 3 heteroatoms. The molecule has 0 bridgehead atoms. The first-order valence-corrected chi connectivity index (χ1v) is 5.49. The van der Waals surface area contributed by atoms with Gasteiger partial charge in [0.15, 0.2) is 0 Å².